The van der Waals surface area contributed by atoms with Gasteiger partial charge in [0.05, 0.1) is 17.6 Å². The third kappa shape index (κ3) is 3.63. The maximum atomic E-state index is 12.4. The molecule has 2 atom stereocenters. The number of benzene rings is 1. The number of likely N-dealkylation sites (tertiary alicyclic amines) is 2. The number of carbonyl (C=O) groups is 2. The van der Waals surface area contributed by atoms with Gasteiger partial charge >= 0.3 is 11.8 Å². The third-order valence-corrected chi connectivity index (χ3v) is 6.29. The minimum atomic E-state index is -0.883. The van der Waals surface area contributed by atoms with Gasteiger partial charge in [-0.15, -0.1) is 0 Å². The summed E-state index contributed by atoms with van der Waals surface area (Å²) in [4.78, 5) is 27.9. The Kier molecular flexibility index (Phi) is 5.10. The predicted octanol–water partition coefficient (Wildman–Crippen LogP) is 2.09. The molecular formula is C21H29N5O2. The standard InChI is InChI=1S/C21H29N5O2/c1-14-3-6-19(25(12-14)21(28)20(22)27)15-4-5-16-13-26(23-18(16)11-15)17-7-9-24(2)10-8-17/h4-5,11,13-14,17,19H,3,6-10,12H2,1-2H3,(H2,22,27)/t14-,19+/m0/s1. The van der Waals surface area contributed by atoms with Crippen LogP contribution in [0.4, 0.5) is 0 Å². The van der Waals surface area contributed by atoms with Crippen LogP contribution < -0.4 is 5.73 Å². The molecular weight excluding hydrogens is 354 g/mol. The van der Waals surface area contributed by atoms with Gasteiger partial charge in [0, 0.05) is 18.1 Å². The molecule has 4 rings (SSSR count). The van der Waals surface area contributed by atoms with Crippen molar-refractivity contribution in [3.05, 3.63) is 30.0 Å². The number of hydrogen-bond donors (Lipinski definition) is 1. The van der Waals surface area contributed by atoms with Crippen LogP contribution in [0.3, 0.4) is 0 Å². The van der Waals surface area contributed by atoms with Crippen molar-refractivity contribution >= 4 is 22.7 Å². The number of primary amides is 1. The van der Waals surface area contributed by atoms with Crippen LogP contribution in [0.2, 0.25) is 0 Å². The summed E-state index contributed by atoms with van der Waals surface area (Å²) in [5.41, 5.74) is 7.27. The minimum absolute atomic E-state index is 0.117. The zero-order chi connectivity index (χ0) is 19.8. The van der Waals surface area contributed by atoms with Crippen molar-refractivity contribution < 1.29 is 9.59 Å². The van der Waals surface area contributed by atoms with Crippen molar-refractivity contribution in [3.63, 3.8) is 0 Å². The van der Waals surface area contributed by atoms with Gasteiger partial charge in [-0.2, -0.15) is 5.10 Å². The fraction of sp³-hybridized carbons (Fsp3) is 0.571. The van der Waals surface area contributed by atoms with Crippen molar-refractivity contribution in [3.8, 4) is 0 Å². The minimum Gasteiger partial charge on any atom is -0.361 e. The van der Waals surface area contributed by atoms with Gasteiger partial charge in [0.2, 0.25) is 0 Å². The second-order valence-electron chi connectivity index (χ2n) is 8.48. The third-order valence-electron chi connectivity index (χ3n) is 6.29. The first-order valence-electron chi connectivity index (χ1n) is 10.2. The Hall–Kier alpha value is -2.41. The average molecular weight is 383 g/mol. The molecule has 0 saturated carbocycles. The summed E-state index contributed by atoms with van der Waals surface area (Å²) in [6, 6.07) is 6.53. The molecule has 2 N–H and O–H groups in total. The molecule has 0 spiro atoms. The smallest absolute Gasteiger partial charge is 0.312 e. The van der Waals surface area contributed by atoms with E-state index in [1.54, 1.807) is 4.90 Å². The lowest BCUT2D eigenvalue weighted by atomic mass is 9.89. The maximum absolute atomic E-state index is 12.4. The molecule has 150 valence electrons. The summed E-state index contributed by atoms with van der Waals surface area (Å²) in [7, 11) is 2.16. The number of amides is 2. The average Bonchev–Trinajstić information content (AvgIpc) is 3.11. The van der Waals surface area contributed by atoms with Gasteiger partial charge in [-0.3, -0.25) is 14.3 Å². The van der Waals surface area contributed by atoms with E-state index in [-0.39, 0.29) is 6.04 Å². The SMILES string of the molecule is C[C@H]1CC[C@H](c2ccc3cn(C4CCN(C)CC4)nc3c2)N(C(=O)C(N)=O)C1. The molecule has 0 radical (unpaired) electrons. The van der Waals surface area contributed by atoms with E-state index in [2.05, 4.69) is 47.9 Å². The molecule has 1 aromatic heterocycles. The monoisotopic (exact) mass is 383 g/mol. The Labute approximate surface area is 165 Å². The van der Waals surface area contributed by atoms with Crippen molar-refractivity contribution in [2.75, 3.05) is 26.7 Å². The van der Waals surface area contributed by atoms with Gasteiger partial charge in [-0.05, 0) is 63.4 Å². The molecule has 7 nitrogen and oxygen atoms in total. The van der Waals surface area contributed by atoms with Crippen LogP contribution in [0.5, 0.6) is 0 Å². The lowest BCUT2D eigenvalue weighted by molar-refractivity contribution is -0.147. The number of nitrogens with two attached hydrogens (primary N) is 1. The fourth-order valence-corrected chi connectivity index (χ4v) is 4.57. The van der Waals surface area contributed by atoms with Crippen molar-refractivity contribution in [1.82, 2.24) is 19.6 Å². The van der Waals surface area contributed by atoms with E-state index in [0.717, 1.165) is 55.2 Å². The molecule has 2 aliphatic heterocycles. The first kappa shape index (κ1) is 18.9. The lowest BCUT2D eigenvalue weighted by Gasteiger charge is -2.38. The first-order valence-corrected chi connectivity index (χ1v) is 10.2. The van der Waals surface area contributed by atoms with Crippen LogP contribution in [0, 0.1) is 5.92 Å². The molecule has 2 amide bonds. The van der Waals surface area contributed by atoms with E-state index in [1.165, 1.54) is 0 Å². The van der Waals surface area contributed by atoms with Gasteiger partial charge in [0.25, 0.3) is 0 Å². The van der Waals surface area contributed by atoms with E-state index in [4.69, 9.17) is 10.8 Å². The van der Waals surface area contributed by atoms with Crippen LogP contribution in [0.15, 0.2) is 24.4 Å². The molecule has 0 unspecified atom stereocenters. The molecule has 0 aliphatic carbocycles. The molecule has 28 heavy (non-hydrogen) atoms. The number of rotatable bonds is 2. The van der Waals surface area contributed by atoms with Crippen molar-refractivity contribution in [2.45, 2.75) is 44.7 Å². The molecule has 2 saturated heterocycles. The molecule has 3 heterocycles. The summed E-state index contributed by atoms with van der Waals surface area (Å²) < 4.78 is 2.11. The number of piperidine rings is 2. The van der Waals surface area contributed by atoms with Gasteiger partial charge in [0.1, 0.15) is 0 Å². The molecule has 1 aromatic carbocycles. The van der Waals surface area contributed by atoms with Crippen LogP contribution >= 0.6 is 0 Å². The Morgan fingerprint density at radius 1 is 1.14 bits per heavy atom. The quantitative estimate of drug-likeness (QED) is 0.805. The van der Waals surface area contributed by atoms with E-state index in [1.807, 2.05) is 0 Å². The summed E-state index contributed by atoms with van der Waals surface area (Å²) >= 11 is 0. The van der Waals surface area contributed by atoms with Crippen molar-refractivity contribution in [2.24, 2.45) is 11.7 Å². The van der Waals surface area contributed by atoms with Gasteiger partial charge in [-0.25, -0.2) is 0 Å². The summed E-state index contributed by atoms with van der Waals surface area (Å²) in [6.07, 6.45) is 6.21. The maximum Gasteiger partial charge on any atom is 0.312 e. The van der Waals surface area contributed by atoms with E-state index >= 15 is 0 Å². The Morgan fingerprint density at radius 2 is 1.89 bits per heavy atom. The van der Waals surface area contributed by atoms with Gasteiger partial charge in [-0.1, -0.05) is 19.1 Å². The topological polar surface area (TPSA) is 84.5 Å². The number of nitrogens with zero attached hydrogens (tertiary/aromatic N) is 4. The second kappa shape index (κ2) is 7.54. The second-order valence-corrected chi connectivity index (χ2v) is 8.48. The Bertz CT molecular complexity index is 884. The van der Waals surface area contributed by atoms with Gasteiger partial charge < -0.3 is 15.5 Å². The zero-order valence-electron chi connectivity index (χ0n) is 16.7. The largest absolute Gasteiger partial charge is 0.361 e. The van der Waals surface area contributed by atoms with Crippen LogP contribution in [-0.2, 0) is 9.59 Å². The number of fused-ring (bicyclic) bond motifs is 1. The summed E-state index contributed by atoms with van der Waals surface area (Å²) in [5.74, 6) is -1.10. The van der Waals surface area contributed by atoms with E-state index in [9.17, 15) is 9.59 Å². The van der Waals surface area contributed by atoms with Crippen LogP contribution in [0.25, 0.3) is 10.9 Å². The zero-order valence-corrected chi connectivity index (χ0v) is 16.7. The van der Waals surface area contributed by atoms with E-state index < -0.39 is 11.8 Å². The number of carbonyl (C=O) groups excluding carboxylic acids is 2. The van der Waals surface area contributed by atoms with Gasteiger partial charge in [0.15, 0.2) is 0 Å². The number of hydrogen-bond acceptors (Lipinski definition) is 4. The molecule has 0 bridgehead atoms. The van der Waals surface area contributed by atoms with Crippen molar-refractivity contribution in [1.29, 1.82) is 0 Å². The normalized spacial score (nSPS) is 24.6. The molecule has 2 aliphatic rings. The summed E-state index contributed by atoms with van der Waals surface area (Å²) in [6.45, 7) is 4.85. The Morgan fingerprint density at radius 3 is 2.61 bits per heavy atom. The fourth-order valence-electron chi connectivity index (χ4n) is 4.57. The Balaban J connectivity index is 1.61. The lowest BCUT2D eigenvalue weighted by Crippen LogP contribution is -2.46. The molecule has 7 heteroatoms. The predicted molar refractivity (Wildman–Crippen MR) is 108 cm³/mol. The van der Waals surface area contributed by atoms with Crippen LogP contribution in [-0.4, -0.2) is 58.1 Å². The summed E-state index contributed by atoms with van der Waals surface area (Å²) in [5, 5.41) is 5.95. The number of aromatic nitrogens is 2. The highest BCUT2D eigenvalue weighted by Gasteiger charge is 2.33. The molecule has 2 aromatic rings. The highest BCUT2D eigenvalue weighted by Crippen LogP contribution is 2.35. The molecule has 2 fully saturated rings. The first-order chi connectivity index (χ1) is 13.4. The highest BCUT2D eigenvalue weighted by atomic mass is 16.2. The van der Waals surface area contributed by atoms with E-state index in [0.29, 0.717) is 18.5 Å². The highest BCUT2D eigenvalue weighted by molar-refractivity contribution is 6.34. The van der Waals surface area contributed by atoms with Crippen LogP contribution in [0.1, 0.15) is 50.3 Å².